The fourth-order valence-electron chi connectivity index (χ4n) is 0.823. The molecule has 0 atom stereocenters. The van der Waals surface area contributed by atoms with E-state index < -0.39 is 13.8 Å². The maximum Gasteiger partial charge on any atom is 1.00 e. The van der Waals surface area contributed by atoms with Crippen molar-refractivity contribution in [3.05, 3.63) is 0 Å². The number of carboxylic acid groups (broad SMARTS) is 1. The predicted octanol–water partition coefficient (Wildman–Crippen LogP) is -9.48. The van der Waals surface area contributed by atoms with Gasteiger partial charge in [0.15, 0.2) is 5.96 Å². The fraction of sp³-hybridized carbons (Fsp3) is 0.600. The zero-order valence-corrected chi connectivity index (χ0v) is 10.5. The molecule has 0 saturated carbocycles. The van der Waals surface area contributed by atoms with Gasteiger partial charge in [-0.3, -0.25) is 9.79 Å². The average molecular weight is 253 g/mol. The van der Waals surface area contributed by atoms with Crippen LogP contribution in [0.1, 0.15) is 0 Å². The number of rotatable bonds is 2. The van der Waals surface area contributed by atoms with E-state index in [9.17, 15) is 4.79 Å². The first-order chi connectivity index (χ1) is 6.70. The van der Waals surface area contributed by atoms with E-state index in [4.69, 9.17) is 30.1 Å². The number of carbonyl (C=O) groups is 1. The first kappa shape index (κ1) is 22.2. The van der Waals surface area contributed by atoms with Crippen LogP contribution in [0.4, 0.5) is 0 Å². The van der Waals surface area contributed by atoms with Crippen molar-refractivity contribution in [2.24, 2.45) is 10.7 Å². The van der Waals surface area contributed by atoms with Gasteiger partial charge in [0.05, 0.1) is 14.4 Å². The van der Waals surface area contributed by atoms with Crippen LogP contribution in [0.5, 0.6) is 0 Å². The predicted molar refractivity (Wildman–Crippen MR) is 45.5 cm³/mol. The van der Waals surface area contributed by atoms with E-state index in [-0.39, 0.29) is 44.3 Å². The number of hydrogen-bond donors (Lipinski definition) is 3. The molecule has 17 heavy (non-hydrogen) atoms. The van der Waals surface area contributed by atoms with Crippen LogP contribution in [0.3, 0.4) is 0 Å². The molecule has 4 N–H and O–H groups in total. The summed E-state index contributed by atoms with van der Waals surface area (Å²) in [7, 11) is -5.14. The van der Waals surface area contributed by atoms with Gasteiger partial charge in [-0.05, 0) is 0 Å². The van der Waals surface area contributed by atoms with Crippen LogP contribution >= 0.6 is 7.82 Å². The second-order valence-electron chi connectivity index (χ2n) is 2.52. The molecule has 0 spiro atoms. The summed E-state index contributed by atoms with van der Waals surface area (Å²) in [6.45, 7) is 1.19. The maximum atomic E-state index is 10.1. The zero-order chi connectivity index (χ0) is 12.1. The number of guanidine groups is 1. The van der Waals surface area contributed by atoms with Gasteiger partial charge in [0.1, 0.15) is 6.54 Å². The summed E-state index contributed by atoms with van der Waals surface area (Å²) in [6.07, 6.45) is 0. The normalized spacial score (nSPS) is 13.6. The third-order valence-electron chi connectivity index (χ3n) is 1.29. The summed E-state index contributed by atoms with van der Waals surface area (Å²) >= 11 is 0. The molecular weight excluding hydrogens is 243 g/mol. The number of carboxylic acids is 1. The van der Waals surface area contributed by atoms with Crippen LogP contribution in [-0.2, 0) is 9.36 Å². The monoisotopic (exact) mass is 253 g/mol. The molecule has 88 valence electrons. The van der Waals surface area contributed by atoms with Gasteiger partial charge >= 0.3 is 43.7 Å². The van der Waals surface area contributed by atoms with Crippen LogP contribution in [0.25, 0.3) is 0 Å². The molecule has 1 rings (SSSR count). The van der Waals surface area contributed by atoms with Crippen molar-refractivity contribution in [2.45, 2.75) is 0 Å². The summed E-state index contributed by atoms with van der Waals surface area (Å²) < 4.78 is 8.66. The number of hydrogen-bond acceptors (Lipinski definition) is 7. The van der Waals surface area contributed by atoms with Gasteiger partial charge in [0.25, 0.3) is 0 Å². The molecule has 0 aromatic heterocycles. The molecule has 0 unspecified atom stereocenters. The molecule has 0 saturated heterocycles. The number of aliphatic imine (C=N–C) groups is 1. The van der Waals surface area contributed by atoms with Crippen molar-refractivity contribution >= 4 is 19.8 Å². The van der Waals surface area contributed by atoms with Crippen molar-refractivity contribution in [3.8, 4) is 0 Å². The Kier molecular flexibility index (Phi) is 13.1. The van der Waals surface area contributed by atoms with Gasteiger partial charge in [-0.2, -0.15) is 0 Å². The molecule has 1 aliphatic heterocycles. The van der Waals surface area contributed by atoms with Gasteiger partial charge in [0, 0.05) is 6.54 Å². The van der Waals surface area contributed by atoms with Crippen molar-refractivity contribution in [2.75, 3.05) is 19.6 Å². The third-order valence-corrected chi connectivity index (χ3v) is 1.29. The molecule has 0 aromatic carbocycles. The van der Waals surface area contributed by atoms with Crippen molar-refractivity contribution in [1.29, 1.82) is 0 Å². The molecule has 0 aromatic rings. The van der Waals surface area contributed by atoms with Gasteiger partial charge in [-0.15, -0.1) is 0 Å². The minimum Gasteiger partial charge on any atom is -0.790 e. The Morgan fingerprint density at radius 1 is 1.53 bits per heavy atom. The van der Waals surface area contributed by atoms with E-state index in [1.165, 1.54) is 4.90 Å². The Morgan fingerprint density at radius 2 is 1.94 bits per heavy atom. The van der Waals surface area contributed by atoms with Gasteiger partial charge in [-0.1, -0.05) is 0 Å². The van der Waals surface area contributed by atoms with Crippen molar-refractivity contribution in [3.63, 3.8) is 0 Å². The van der Waals surface area contributed by atoms with E-state index in [2.05, 4.69) is 4.99 Å². The average Bonchev–Trinajstić information content (AvgIpc) is 2.31. The number of nitrogens with two attached hydrogens (primary N) is 1. The summed E-state index contributed by atoms with van der Waals surface area (Å²) in [5.74, 6) is -0.539. The molecule has 0 amide bonds. The molecule has 0 radical (unpaired) electrons. The number of aliphatic carboxylic acids is 1. The minimum atomic E-state index is -5.14. The molecular formula is C5H10Li2N3O6P. The summed E-state index contributed by atoms with van der Waals surface area (Å²) in [5, 5.41) is 8.34. The Labute approximate surface area is 122 Å². The summed E-state index contributed by atoms with van der Waals surface area (Å²) in [5.41, 5.74) is 5.34. The van der Waals surface area contributed by atoms with Gasteiger partial charge in [0.2, 0.25) is 0 Å². The second-order valence-corrected chi connectivity index (χ2v) is 3.46. The van der Waals surface area contributed by atoms with Gasteiger partial charge < -0.3 is 35.0 Å². The Hall–Kier alpha value is 0.0448. The topological polar surface area (TPSA) is 162 Å². The molecule has 0 fully saturated rings. The molecule has 12 heteroatoms. The van der Waals surface area contributed by atoms with Crippen LogP contribution in [-0.4, -0.2) is 46.5 Å². The summed E-state index contributed by atoms with van der Waals surface area (Å²) in [4.78, 5) is 39.8. The Bertz CT molecular complexity index is 300. The molecule has 1 heterocycles. The first-order valence-electron chi connectivity index (χ1n) is 3.71. The fourth-order valence-corrected chi connectivity index (χ4v) is 0.823. The second kappa shape index (κ2) is 10.0. The molecule has 9 nitrogen and oxygen atoms in total. The Morgan fingerprint density at radius 3 is 2.18 bits per heavy atom. The SMILES string of the molecule is NC1=NCCN1CC(=O)O.O=P([O-])([O-])O.[Li+].[Li+]. The minimum absolute atomic E-state index is 0. The zero-order valence-electron chi connectivity index (χ0n) is 9.57. The van der Waals surface area contributed by atoms with E-state index in [0.29, 0.717) is 19.0 Å². The first-order valence-corrected chi connectivity index (χ1v) is 5.21. The van der Waals surface area contributed by atoms with E-state index in [0.717, 1.165) is 0 Å². The van der Waals surface area contributed by atoms with E-state index in [1.54, 1.807) is 0 Å². The van der Waals surface area contributed by atoms with Crippen LogP contribution in [0.15, 0.2) is 4.99 Å². The van der Waals surface area contributed by atoms with Crippen LogP contribution in [0, 0.1) is 0 Å². The van der Waals surface area contributed by atoms with Crippen LogP contribution in [0.2, 0.25) is 0 Å². The van der Waals surface area contributed by atoms with Crippen LogP contribution < -0.4 is 53.2 Å². The molecule has 0 bridgehead atoms. The quantitative estimate of drug-likeness (QED) is 0.322. The van der Waals surface area contributed by atoms with Crippen molar-refractivity contribution in [1.82, 2.24) is 4.90 Å². The van der Waals surface area contributed by atoms with Crippen molar-refractivity contribution < 1.29 is 66.9 Å². The van der Waals surface area contributed by atoms with Gasteiger partial charge in [-0.25, -0.2) is 0 Å². The number of phosphoric acid groups is 1. The maximum absolute atomic E-state index is 10.1. The molecule has 1 aliphatic rings. The number of nitrogens with zero attached hydrogens (tertiary/aromatic N) is 2. The molecule has 0 aliphatic carbocycles. The standard InChI is InChI=1S/C5H9N3O2.2Li.H3O4P/c6-5-7-1-2-8(5)3-4(9)10;;;1-5(2,3)4/h1-3H2,(H2,6,7)(H,9,10);;;(H3,1,2,3,4)/q;2*+1;/p-2. The van der Waals surface area contributed by atoms with E-state index >= 15 is 0 Å². The Balaban J connectivity index is -0.000000247. The summed E-state index contributed by atoms with van der Waals surface area (Å²) in [6, 6.07) is 0. The third kappa shape index (κ3) is 16.0. The smallest absolute Gasteiger partial charge is 0.790 e. The van der Waals surface area contributed by atoms with E-state index in [1.807, 2.05) is 0 Å². The largest absolute Gasteiger partial charge is 1.00 e.